The van der Waals surface area contributed by atoms with Crippen LogP contribution in [0.4, 0.5) is 5.82 Å². The Balaban J connectivity index is 2.13. The number of nitrogens with two attached hydrogens (primary N) is 1. The predicted molar refractivity (Wildman–Crippen MR) is 80.7 cm³/mol. The van der Waals surface area contributed by atoms with Crippen molar-refractivity contribution in [1.82, 2.24) is 9.88 Å². The second-order valence-electron chi connectivity index (χ2n) is 5.67. The van der Waals surface area contributed by atoms with Crippen LogP contribution in [0.3, 0.4) is 0 Å². The summed E-state index contributed by atoms with van der Waals surface area (Å²) in [6, 6.07) is 1.99. The van der Waals surface area contributed by atoms with E-state index in [1.54, 1.807) is 6.20 Å². The van der Waals surface area contributed by atoms with E-state index >= 15 is 0 Å². The lowest BCUT2D eigenvalue weighted by Gasteiger charge is -2.49. The first-order valence-electron chi connectivity index (χ1n) is 6.71. The summed E-state index contributed by atoms with van der Waals surface area (Å²) in [5.74, 6) is 0.943. The second kappa shape index (κ2) is 5.65. The van der Waals surface area contributed by atoms with Crippen LogP contribution in [0.5, 0.6) is 0 Å². The third kappa shape index (κ3) is 2.86. The standard InChI is InChI=1S/C14H23ClN4/c1-18(2)14(5-4-6-14)10-19(3)13-7-11(8-16)12(15)9-17-13/h7,9H,4-6,8,10,16H2,1-3H3. The molecule has 0 atom stereocenters. The van der Waals surface area contributed by atoms with Crippen LogP contribution in [0.25, 0.3) is 0 Å². The molecule has 0 saturated heterocycles. The van der Waals surface area contributed by atoms with Gasteiger partial charge in [0.1, 0.15) is 5.82 Å². The van der Waals surface area contributed by atoms with E-state index in [1.807, 2.05) is 6.07 Å². The van der Waals surface area contributed by atoms with Crippen LogP contribution in [-0.2, 0) is 6.54 Å². The molecule has 2 rings (SSSR count). The highest BCUT2D eigenvalue weighted by Crippen LogP contribution is 2.37. The summed E-state index contributed by atoms with van der Waals surface area (Å²) in [6.07, 6.45) is 5.51. The number of anilines is 1. The van der Waals surface area contributed by atoms with Crippen molar-refractivity contribution in [3.63, 3.8) is 0 Å². The van der Waals surface area contributed by atoms with Gasteiger partial charge in [0.2, 0.25) is 0 Å². The lowest BCUT2D eigenvalue weighted by molar-refractivity contribution is 0.0682. The van der Waals surface area contributed by atoms with Gasteiger partial charge in [-0.25, -0.2) is 4.98 Å². The molecule has 1 aromatic heterocycles. The quantitative estimate of drug-likeness (QED) is 0.898. The number of halogens is 1. The normalized spacial score (nSPS) is 17.4. The summed E-state index contributed by atoms with van der Waals surface area (Å²) in [4.78, 5) is 8.95. The molecule has 1 saturated carbocycles. The van der Waals surface area contributed by atoms with Crippen LogP contribution >= 0.6 is 11.6 Å². The van der Waals surface area contributed by atoms with Crippen molar-refractivity contribution in [3.8, 4) is 0 Å². The molecule has 0 spiro atoms. The zero-order valence-electron chi connectivity index (χ0n) is 12.0. The Labute approximate surface area is 120 Å². The first-order chi connectivity index (χ1) is 8.98. The Morgan fingerprint density at radius 2 is 2.05 bits per heavy atom. The highest BCUT2D eigenvalue weighted by atomic mass is 35.5. The molecule has 2 N–H and O–H groups in total. The average molecular weight is 283 g/mol. The summed E-state index contributed by atoms with van der Waals surface area (Å²) in [6.45, 7) is 1.43. The molecule has 0 unspecified atom stereocenters. The van der Waals surface area contributed by atoms with Gasteiger partial charge in [-0.05, 0) is 45.0 Å². The Hall–Kier alpha value is -0.840. The van der Waals surface area contributed by atoms with Gasteiger partial charge in [-0.2, -0.15) is 0 Å². The van der Waals surface area contributed by atoms with Crippen molar-refractivity contribution < 1.29 is 0 Å². The van der Waals surface area contributed by atoms with Crippen LogP contribution in [-0.4, -0.2) is 43.1 Å². The molecule has 0 radical (unpaired) electrons. The van der Waals surface area contributed by atoms with Gasteiger partial charge in [-0.3, -0.25) is 0 Å². The van der Waals surface area contributed by atoms with E-state index in [9.17, 15) is 0 Å². The lowest BCUT2D eigenvalue weighted by Crippen LogP contribution is -2.56. The summed E-state index contributed by atoms with van der Waals surface area (Å²) in [7, 11) is 6.40. The van der Waals surface area contributed by atoms with Crippen molar-refractivity contribution in [2.75, 3.05) is 32.6 Å². The van der Waals surface area contributed by atoms with Crippen molar-refractivity contribution in [2.45, 2.75) is 31.3 Å². The number of pyridine rings is 1. The molecule has 0 bridgehead atoms. The van der Waals surface area contributed by atoms with Gasteiger partial charge in [0.05, 0.1) is 5.02 Å². The minimum absolute atomic E-state index is 0.291. The SMILES string of the molecule is CN(CC1(N(C)C)CCC1)c1cc(CN)c(Cl)cn1. The van der Waals surface area contributed by atoms with E-state index in [-0.39, 0.29) is 0 Å². The molecule has 0 aliphatic heterocycles. The summed E-state index contributed by atoms with van der Waals surface area (Å²) < 4.78 is 0. The van der Waals surface area contributed by atoms with Gasteiger partial charge in [0.15, 0.2) is 0 Å². The van der Waals surface area contributed by atoms with E-state index in [1.165, 1.54) is 19.3 Å². The van der Waals surface area contributed by atoms with Gasteiger partial charge in [-0.1, -0.05) is 11.6 Å². The molecule has 1 aromatic rings. The Morgan fingerprint density at radius 3 is 2.53 bits per heavy atom. The molecule has 0 aromatic carbocycles. The van der Waals surface area contributed by atoms with Gasteiger partial charge in [-0.15, -0.1) is 0 Å². The topological polar surface area (TPSA) is 45.4 Å². The van der Waals surface area contributed by atoms with Crippen molar-refractivity contribution in [2.24, 2.45) is 5.73 Å². The molecule has 19 heavy (non-hydrogen) atoms. The monoisotopic (exact) mass is 282 g/mol. The van der Waals surface area contributed by atoms with Crippen LogP contribution in [0.15, 0.2) is 12.3 Å². The van der Waals surface area contributed by atoms with Crippen LogP contribution in [0.2, 0.25) is 5.02 Å². The number of aromatic nitrogens is 1. The van der Waals surface area contributed by atoms with Crippen molar-refractivity contribution in [1.29, 1.82) is 0 Å². The molecule has 1 aliphatic rings. The minimum Gasteiger partial charge on any atom is -0.358 e. The van der Waals surface area contributed by atoms with E-state index in [0.717, 1.165) is 17.9 Å². The fraction of sp³-hybridized carbons (Fsp3) is 0.643. The fourth-order valence-corrected chi connectivity index (χ4v) is 2.87. The zero-order valence-corrected chi connectivity index (χ0v) is 12.7. The van der Waals surface area contributed by atoms with Crippen molar-refractivity contribution in [3.05, 3.63) is 22.8 Å². The maximum atomic E-state index is 6.05. The minimum atomic E-state index is 0.291. The van der Waals surface area contributed by atoms with E-state index in [0.29, 0.717) is 17.1 Å². The highest BCUT2D eigenvalue weighted by molar-refractivity contribution is 6.31. The zero-order chi connectivity index (χ0) is 14.0. The molecule has 0 amide bonds. The van der Waals surface area contributed by atoms with E-state index < -0.39 is 0 Å². The molecular weight excluding hydrogens is 260 g/mol. The third-order valence-electron chi connectivity index (χ3n) is 4.30. The van der Waals surface area contributed by atoms with Crippen molar-refractivity contribution >= 4 is 17.4 Å². The Morgan fingerprint density at radius 1 is 1.37 bits per heavy atom. The lowest BCUT2D eigenvalue weighted by atomic mass is 9.75. The van der Waals surface area contributed by atoms with Gasteiger partial charge < -0.3 is 15.5 Å². The summed E-state index contributed by atoms with van der Waals surface area (Å²) in [5.41, 5.74) is 6.93. The first kappa shape index (κ1) is 14.6. The predicted octanol–water partition coefficient (Wildman–Crippen LogP) is 2.11. The Kier molecular flexibility index (Phi) is 4.33. The smallest absolute Gasteiger partial charge is 0.128 e. The van der Waals surface area contributed by atoms with Gasteiger partial charge >= 0.3 is 0 Å². The maximum absolute atomic E-state index is 6.05. The highest BCUT2D eigenvalue weighted by Gasteiger charge is 2.40. The fourth-order valence-electron chi connectivity index (χ4n) is 2.69. The number of hydrogen-bond donors (Lipinski definition) is 1. The average Bonchev–Trinajstić information content (AvgIpc) is 2.33. The van der Waals surface area contributed by atoms with Crippen LogP contribution < -0.4 is 10.6 Å². The molecular formula is C14H23ClN4. The maximum Gasteiger partial charge on any atom is 0.128 e. The molecule has 5 heteroatoms. The molecule has 1 heterocycles. The molecule has 1 fully saturated rings. The van der Waals surface area contributed by atoms with E-state index in [4.69, 9.17) is 17.3 Å². The van der Waals surface area contributed by atoms with E-state index in [2.05, 4.69) is 35.9 Å². The molecule has 4 nitrogen and oxygen atoms in total. The first-order valence-corrected chi connectivity index (χ1v) is 7.09. The number of hydrogen-bond acceptors (Lipinski definition) is 4. The van der Waals surface area contributed by atoms with Gasteiger partial charge in [0.25, 0.3) is 0 Å². The summed E-state index contributed by atoms with van der Waals surface area (Å²) in [5, 5.41) is 0.644. The number of rotatable bonds is 5. The Bertz CT molecular complexity index is 443. The summed E-state index contributed by atoms with van der Waals surface area (Å²) >= 11 is 6.05. The number of likely N-dealkylation sites (N-methyl/N-ethyl adjacent to an activating group) is 2. The third-order valence-corrected chi connectivity index (χ3v) is 4.64. The van der Waals surface area contributed by atoms with Crippen LogP contribution in [0.1, 0.15) is 24.8 Å². The van der Waals surface area contributed by atoms with Crippen LogP contribution in [0, 0.1) is 0 Å². The molecule has 1 aliphatic carbocycles. The number of nitrogens with zero attached hydrogens (tertiary/aromatic N) is 3. The molecule has 106 valence electrons. The van der Waals surface area contributed by atoms with Gasteiger partial charge in [0, 0.05) is 31.9 Å². The largest absolute Gasteiger partial charge is 0.358 e. The second-order valence-corrected chi connectivity index (χ2v) is 6.07.